The van der Waals surface area contributed by atoms with Gasteiger partial charge in [-0.05, 0) is 0 Å². The Morgan fingerprint density at radius 2 is 2.12 bits per heavy atom. The first-order valence-corrected chi connectivity index (χ1v) is 5.62. The van der Waals surface area contributed by atoms with Crippen molar-refractivity contribution in [2.24, 2.45) is 0 Å². The molecule has 16 heavy (non-hydrogen) atoms. The molecule has 96 valence electrons. The molecule has 1 fully saturated rings. The molecule has 0 bridgehead atoms. The van der Waals surface area contributed by atoms with E-state index in [1.165, 1.54) is 0 Å². The second-order valence-electron chi connectivity index (χ2n) is 2.95. The zero-order valence-corrected chi connectivity index (χ0v) is 8.58. The summed E-state index contributed by atoms with van der Waals surface area (Å²) in [5.41, 5.74) is 0. The predicted molar refractivity (Wildman–Crippen MR) is 45.9 cm³/mol. The van der Waals surface area contributed by atoms with Crippen LogP contribution in [0, 0.1) is 0 Å². The summed E-state index contributed by atoms with van der Waals surface area (Å²) in [6.07, 6.45) is -7.16. The molecule has 0 aromatic rings. The molecular formula is C6H9F3O6S. The Balaban J connectivity index is 2.26. The van der Waals surface area contributed by atoms with Gasteiger partial charge in [0.2, 0.25) is 0 Å². The zero-order valence-electron chi connectivity index (χ0n) is 7.77. The van der Waals surface area contributed by atoms with Crippen molar-refractivity contribution in [1.29, 1.82) is 0 Å². The van der Waals surface area contributed by atoms with Crippen molar-refractivity contribution in [2.75, 3.05) is 19.0 Å². The third-order valence-electron chi connectivity index (χ3n) is 1.46. The molecule has 6 nitrogen and oxygen atoms in total. The fraction of sp³-hybridized carbons (Fsp3) is 0.833. The summed E-state index contributed by atoms with van der Waals surface area (Å²) in [4.78, 5) is 10.7. The molecule has 0 spiro atoms. The van der Waals surface area contributed by atoms with Crippen LogP contribution < -0.4 is 0 Å². The monoisotopic (exact) mass is 266 g/mol. The van der Waals surface area contributed by atoms with Crippen LogP contribution >= 0.6 is 10.9 Å². The molecular weight excluding hydrogens is 257 g/mol. The topological polar surface area (TPSA) is 85.2 Å². The van der Waals surface area contributed by atoms with Crippen molar-refractivity contribution in [1.82, 2.24) is 0 Å². The van der Waals surface area contributed by atoms with Gasteiger partial charge in [0.1, 0.15) is 12.7 Å². The van der Waals surface area contributed by atoms with Gasteiger partial charge in [0.05, 0.1) is 16.6 Å². The standard InChI is InChI=1S/C6H9F3O6S/c7-6(8,9)3-13-5(10)15-4-1-14-16(11,12)2-4/h4,11-12H,1-3H2. The van der Waals surface area contributed by atoms with Gasteiger partial charge in [-0.15, -0.1) is 0 Å². The summed E-state index contributed by atoms with van der Waals surface area (Å²) in [6.45, 7) is -2.04. The van der Waals surface area contributed by atoms with Crippen LogP contribution in [0.2, 0.25) is 0 Å². The third-order valence-corrected chi connectivity index (χ3v) is 2.78. The molecule has 1 aliphatic rings. The molecule has 0 aliphatic carbocycles. The van der Waals surface area contributed by atoms with Gasteiger partial charge in [-0.25, -0.2) is 4.79 Å². The van der Waals surface area contributed by atoms with E-state index in [1.54, 1.807) is 0 Å². The second kappa shape index (κ2) is 4.65. The highest BCUT2D eigenvalue weighted by molar-refractivity contribution is 8.20. The van der Waals surface area contributed by atoms with Crippen LogP contribution in [0.15, 0.2) is 0 Å². The smallest absolute Gasteiger partial charge is 0.427 e. The quantitative estimate of drug-likeness (QED) is 0.741. The van der Waals surface area contributed by atoms with Gasteiger partial charge in [0.25, 0.3) is 0 Å². The van der Waals surface area contributed by atoms with Crippen LogP contribution in [-0.2, 0) is 13.7 Å². The minimum absolute atomic E-state index is 0.288. The van der Waals surface area contributed by atoms with Crippen LogP contribution in [0.5, 0.6) is 0 Å². The number of hydrogen-bond donors (Lipinski definition) is 2. The molecule has 1 aliphatic heterocycles. The van der Waals surface area contributed by atoms with E-state index in [4.69, 9.17) is 9.11 Å². The van der Waals surface area contributed by atoms with Gasteiger partial charge in [-0.2, -0.15) is 13.2 Å². The van der Waals surface area contributed by atoms with Crippen molar-refractivity contribution in [3.8, 4) is 0 Å². The lowest BCUT2D eigenvalue weighted by atomic mass is 10.4. The molecule has 1 unspecified atom stereocenters. The Labute approximate surface area is 89.8 Å². The summed E-state index contributed by atoms with van der Waals surface area (Å²) >= 11 is 0. The molecule has 0 saturated carbocycles. The highest BCUT2D eigenvalue weighted by atomic mass is 32.3. The average molecular weight is 266 g/mol. The number of halogens is 3. The van der Waals surface area contributed by atoms with Gasteiger partial charge in [-0.1, -0.05) is 0 Å². The van der Waals surface area contributed by atoms with Crippen molar-refractivity contribution in [2.45, 2.75) is 12.3 Å². The maximum atomic E-state index is 11.6. The number of carbonyl (C=O) groups excluding carboxylic acids is 1. The minimum atomic E-state index is -4.63. The highest BCUT2D eigenvalue weighted by Crippen LogP contribution is 2.45. The van der Waals surface area contributed by atoms with E-state index in [2.05, 4.69) is 13.7 Å². The first-order valence-electron chi connectivity index (χ1n) is 3.98. The van der Waals surface area contributed by atoms with E-state index >= 15 is 0 Å². The second-order valence-corrected chi connectivity index (χ2v) is 4.73. The Kier molecular flexibility index (Phi) is 3.88. The van der Waals surface area contributed by atoms with Gasteiger partial charge in [0, 0.05) is 0 Å². The number of rotatable bonds is 2. The van der Waals surface area contributed by atoms with E-state index < -0.39 is 35.9 Å². The molecule has 0 radical (unpaired) electrons. The van der Waals surface area contributed by atoms with Crippen LogP contribution in [-0.4, -0.2) is 46.5 Å². The SMILES string of the molecule is O=C(OCC(F)(F)F)OC1COS(O)(O)C1. The molecule has 1 atom stereocenters. The van der Waals surface area contributed by atoms with E-state index in [0.717, 1.165) is 0 Å². The van der Waals surface area contributed by atoms with E-state index in [9.17, 15) is 18.0 Å². The molecule has 0 aromatic heterocycles. The van der Waals surface area contributed by atoms with Gasteiger partial charge in [0.15, 0.2) is 6.61 Å². The van der Waals surface area contributed by atoms with Crippen LogP contribution in [0.4, 0.5) is 18.0 Å². The predicted octanol–water partition coefficient (Wildman–Crippen LogP) is 1.77. The van der Waals surface area contributed by atoms with Crippen LogP contribution in [0.3, 0.4) is 0 Å². The minimum Gasteiger partial charge on any atom is -0.427 e. The average Bonchev–Trinajstić information content (AvgIpc) is 2.41. The number of hydrogen-bond acceptors (Lipinski definition) is 6. The number of carbonyl (C=O) groups is 1. The van der Waals surface area contributed by atoms with Crippen LogP contribution in [0.25, 0.3) is 0 Å². The first-order chi connectivity index (χ1) is 7.18. The molecule has 0 amide bonds. The van der Waals surface area contributed by atoms with Crippen molar-refractivity contribution in [3.05, 3.63) is 0 Å². The first kappa shape index (κ1) is 13.4. The Morgan fingerprint density at radius 3 is 2.56 bits per heavy atom. The lowest BCUT2D eigenvalue weighted by Gasteiger charge is -2.17. The van der Waals surface area contributed by atoms with Crippen molar-refractivity contribution >= 4 is 17.0 Å². The maximum Gasteiger partial charge on any atom is 0.508 e. The number of ether oxygens (including phenoxy) is 2. The Hall–Kier alpha value is -0.710. The fourth-order valence-corrected chi connectivity index (χ4v) is 2.02. The van der Waals surface area contributed by atoms with E-state index in [1.807, 2.05) is 0 Å². The zero-order chi connectivity index (χ0) is 12.4. The van der Waals surface area contributed by atoms with Crippen LogP contribution in [0.1, 0.15) is 0 Å². The fourth-order valence-electron chi connectivity index (χ4n) is 0.902. The molecule has 2 N–H and O–H groups in total. The number of alkyl halides is 3. The Bertz CT molecular complexity index is 267. The van der Waals surface area contributed by atoms with Crippen molar-refractivity contribution < 1.29 is 40.7 Å². The van der Waals surface area contributed by atoms with Gasteiger partial charge >= 0.3 is 12.3 Å². The van der Waals surface area contributed by atoms with Gasteiger partial charge < -0.3 is 18.6 Å². The summed E-state index contributed by atoms with van der Waals surface area (Å²) in [5, 5.41) is 0. The maximum absolute atomic E-state index is 11.6. The summed E-state index contributed by atoms with van der Waals surface area (Å²) in [5.74, 6) is -0.367. The molecule has 1 heterocycles. The summed E-state index contributed by atoms with van der Waals surface area (Å²) in [7, 11) is -3.24. The molecule has 10 heteroatoms. The van der Waals surface area contributed by atoms with E-state index in [0.29, 0.717) is 0 Å². The van der Waals surface area contributed by atoms with Gasteiger partial charge in [-0.3, -0.25) is 4.18 Å². The van der Waals surface area contributed by atoms with E-state index in [-0.39, 0.29) is 12.4 Å². The normalized spacial score (nSPS) is 26.2. The van der Waals surface area contributed by atoms with Crippen molar-refractivity contribution in [3.63, 3.8) is 0 Å². The summed E-state index contributed by atoms with van der Waals surface area (Å²) in [6, 6.07) is 0. The molecule has 0 aromatic carbocycles. The molecule has 1 saturated heterocycles. The highest BCUT2D eigenvalue weighted by Gasteiger charge is 2.36. The summed E-state index contributed by atoms with van der Waals surface area (Å²) < 4.78 is 65.3. The largest absolute Gasteiger partial charge is 0.508 e. The third kappa shape index (κ3) is 4.88. The molecule has 1 rings (SSSR count). The lowest BCUT2D eigenvalue weighted by molar-refractivity contribution is -0.166. The Morgan fingerprint density at radius 1 is 1.50 bits per heavy atom. The lowest BCUT2D eigenvalue weighted by Crippen LogP contribution is -2.26.